The smallest absolute Gasteiger partial charge is 0.255 e. The Balaban J connectivity index is 1.42. The van der Waals surface area contributed by atoms with Gasteiger partial charge in [0.05, 0.1) is 5.56 Å². The third-order valence-electron chi connectivity index (χ3n) is 6.37. The molecule has 1 saturated heterocycles. The number of likely N-dealkylation sites (tertiary alicyclic amines) is 1. The van der Waals surface area contributed by atoms with Crippen LogP contribution in [0.3, 0.4) is 0 Å². The van der Waals surface area contributed by atoms with Crippen LogP contribution in [0.25, 0.3) is 11.3 Å². The molecule has 1 fully saturated rings. The third kappa shape index (κ3) is 3.42. The van der Waals surface area contributed by atoms with Crippen LogP contribution in [0.1, 0.15) is 51.9 Å². The van der Waals surface area contributed by atoms with Crippen molar-refractivity contribution in [2.75, 3.05) is 13.1 Å². The van der Waals surface area contributed by atoms with Gasteiger partial charge in [0.15, 0.2) is 5.65 Å². The molecule has 0 unspecified atom stereocenters. The van der Waals surface area contributed by atoms with Gasteiger partial charge in [-0.05, 0) is 63.9 Å². The average molecular weight is 414 g/mol. The minimum atomic E-state index is 0.102. The largest absolute Gasteiger partial charge is 0.338 e. The van der Waals surface area contributed by atoms with Gasteiger partial charge in [0.2, 0.25) is 0 Å². The summed E-state index contributed by atoms with van der Waals surface area (Å²) >= 11 is 0. The number of hydrogen-bond acceptors (Lipinski definition) is 3. The van der Waals surface area contributed by atoms with Gasteiger partial charge < -0.3 is 9.47 Å². The number of amides is 1. The van der Waals surface area contributed by atoms with E-state index in [1.807, 2.05) is 46.7 Å². The number of benzene rings is 1. The van der Waals surface area contributed by atoms with E-state index in [0.717, 1.165) is 53.5 Å². The number of carbonyl (C=O) groups is 1. The van der Waals surface area contributed by atoms with Gasteiger partial charge in [0.25, 0.3) is 5.91 Å². The van der Waals surface area contributed by atoms with Crippen LogP contribution in [0.4, 0.5) is 0 Å². The summed E-state index contributed by atoms with van der Waals surface area (Å²) in [6.07, 6.45) is 3.98. The number of rotatable bonds is 3. The lowest BCUT2D eigenvalue weighted by atomic mass is 9.96. The Morgan fingerprint density at radius 1 is 1.03 bits per heavy atom. The molecular weight excluding hydrogens is 386 g/mol. The minimum Gasteiger partial charge on any atom is -0.338 e. The van der Waals surface area contributed by atoms with Crippen molar-refractivity contribution >= 4 is 11.6 Å². The van der Waals surface area contributed by atoms with E-state index in [4.69, 9.17) is 0 Å². The Labute approximate surface area is 182 Å². The molecule has 1 aliphatic heterocycles. The van der Waals surface area contributed by atoms with Gasteiger partial charge in [-0.25, -0.2) is 0 Å². The van der Waals surface area contributed by atoms with Crippen molar-refractivity contribution < 1.29 is 4.79 Å². The van der Waals surface area contributed by atoms with Crippen molar-refractivity contribution in [1.29, 1.82) is 0 Å². The highest BCUT2D eigenvalue weighted by atomic mass is 16.2. The molecule has 0 bridgehead atoms. The highest BCUT2D eigenvalue weighted by molar-refractivity contribution is 5.96. The van der Waals surface area contributed by atoms with Gasteiger partial charge in [0.1, 0.15) is 5.82 Å². The predicted octanol–water partition coefficient (Wildman–Crippen LogP) is 4.47. The molecule has 1 aliphatic rings. The van der Waals surface area contributed by atoms with Gasteiger partial charge in [-0.2, -0.15) is 0 Å². The first-order valence-corrected chi connectivity index (χ1v) is 10.9. The molecule has 0 spiro atoms. The molecule has 0 saturated carbocycles. The summed E-state index contributed by atoms with van der Waals surface area (Å²) in [4.78, 5) is 15.5. The summed E-state index contributed by atoms with van der Waals surface area (Å²) in [6, 6.07) is 16.4. The summed E-state index contributed by atoms with van der Waals surface area (Å²) in [5.41, 5.74) is 6.00. The Morgan fingerprint density at radius 3 is 2.65 bits per heavy atom. The van der Waals surface area contributed by atoms with Crippen LogP contribution >= 0.6 is 0 Å². The summed E-state index contributed by atoms with van der Waals surface area (Å²) in [6.45, 7) is 7.63. The van der Waals surface area contributed by atoms with Gasteiger partial charge in [-0.15, -0.1) is 10.2 Å². The fourth-order valence-electron chi connectivity index (χ4n) is 4.75. The Hall–Kier alpha value is -3.41. The van der Waals surface area contributed by atoms with Crippen molar-refractivity contribution in [1.82, 2.24) is 24.1 Å². The highest BCUT2D eigenvalue weighted by Crippen LogP contribution is 2.29. The van der Waals surface area contributed by atoms with Crippen molar-refractivity contribution in [3.8, 4) is 5.69 Å². The summed E-state index contributed by atoms with van der Waals surface area (Å²) in [5, 5.41) is 8.74. The fourth-order valence-corrected chi connectivity index (χ4v) is 4.75. The molecule has 0 radical (unpaired) electrons. The first kappa shape index (κ1) is 19.5. The standard InChI is InChI=1S/C25H27N5O/c1-17-9-11-21(12-10-17)30-18(2)15-22(19(30)3)25(31)28-13-6-7-20(16-28)24-27-26-23-8-4-5-14-29(23)24/h4-5,8-12,14-15,20H,6-7,13,16H2,1-3H3/t20-/m1/s1. The molecule has 0 N–H and O–H groups in total. The number of pyridine rings is 1. The lowest BCUT2D eigenvalue weighted by Crippen LogP contribution is -2.39. The second-order valence-corrected chi connectivity index (χ2v) is 8.53. The van der Waals surface area contributed by atoms with Crippen LogP contribution in [0.2, 0.25) is 0 Å². The lowest BCUT2D eigenvalue weighted by Gasteiger charge is -2.32. The van der Waals surface area contributed by atoms with E-state index in [9.17, 15) is 4.79 Å². The summed E-state index contributed by atoms with van der Waals surface area (Å²) < 4.78 is 4.21. The third-order valence-corrected chi connectivity index (χ3v) is 6.37. The first-order valence-electron chi connectivity index (χ1n) is 10.9. The first-order chi connectivity index (χ1) is 15.0. The predicted molar refractivity (Wildman–Crippen MR) is 121 cm³/mol. The molecule has 5 rings (SSSR count). The fraction of sp³-hybridized carbons (Fsp3) is 0.320. The van der Waals surface area contributed by atoms with Crippen LogP contribution in [-0.2, 0) is 0 Å². The molecule has 0 aliphatic carbocycles. The zero-order valence-corrected chi connectivity index (χ0v) is 18.2. The zero-order chi connectivity index (χ0) is 21.5. The Kier molecular flexibility index (Phi) is 4.85. The van der Waals surface area contributed by atoms with E-state index in [-0.39, 0.29) is 11.8 Å². The molecule has 1 amide bonds. The summed E-state index contributed by atoms with van der Waals surface area (Å²) in [7, 11) is 0. The SMILES string of the molecule is Cc1ccc(-n2c(C)cc(C(=O)N3CCC[C@@H](c4nnc5ccccn45)C3)c2C)cc1. The van der Waals surface area contributed by atoms with Crippen LogP contribution in [0.15, 0.2) is 54.7 Å². The molecule has 1 atom stereocenters. The Morgan fingerprint density at radius 2 is 1.84 bits per heavy atom. The normalized spacial score (nSPS) is 16.7. The van der Waals surface area contributed by atoms with Gasteiger partial charge >= 0.3 is 0 Å². The number of carbonyl (C=O) groups excluding carboxylic acids is 1. The van der Waals surface area contributed by atoms with E-state index in [2.05, 4.69) is 52.9 Å². The molecule has 6 nitrogen and oxygen atoms in total. The molecular formula is C25H27N5O. The van der Waals surface area contributed by atoms with Gasteiger partial charge in [0, 0.05) is 42.3 Å². The second kappa shape index (κ2) is 7.69. The van der Waals surface area contributed by atoms with E-state index in [1.165, 1.54) is 5.56 Å². The second-order valence-electron chi connectivity index (χ2n) is 8.53. The molecule has 4 aromatic rings. The monoisotopic (exact) mass is 413 g/mol. The van der Waals surface area contributed by atoms with E-state index >= 15 is 0 Å². The van der Waals surface area contributed by atoms with Crippen LogP contribution in [0.5, 0.6) is 0 Å². The van der Waals surface area contributed by atoms with E-state index in [0.29, 0.717) is 6.54 Å². The highest BCUT2D eigenvalue weighted by Gasteiger charge is 2.30. The van der Waals surface area contributed by atoms with Crippen LogP contribution in [-0.4, -0.2) is 43.1 Å². The van der Waals surface area contributed by atoms with Crippen molar-refractivity contribution in [2.45, 2.75) is 39.5 Å². The Bertz CT molecular complexity index is 1250. The molecule has 3 aromatic heterocycles. The van der Waals surface area contributed by atoms with E-state index in [1.54, 1.807) is 0 Å². The average Bonchev–Trinajstić information content (AvgIpc) is 3.35. The van der Waals surface area contributed by atoms with Gasteiger partial charge in [-0.3, -0.25) is 9.20 Å². The number of hydrogen-bond donors (Lipinski definition) is 0. The minimum absolute atomic E-state index is 0.102. The quantitative estimate of drug-likeness (QED) is 0.498. The number of aromatic nitrogens is 4. The molecule has 4 heterocycles. The van der Waals surface area contributed by atoms with Crippen molar-refractivity contribution in [3.05, 3.63) is 83.1 Å². The molecule has 31 heavy (non-hydrogen) atoms. The number of piperidine rings is 1. The maximum atomic E-state index is 13.5. The number of nitrogens with zero attached hydrogens (tertiary/aromatic N) is 5. The van der Waals surface area contributed by atoms with Crippen LogP contribution < -0.4 is 0 Å². The number of aryl methyl sites for hydroxylation is 2. The number of fused-ring (bicyclic) bond motifs is 1. The maximum Gasteiger partial charge on any atom is 0.255 e. The van der Waals surface area contributed by atoms with E-state index < -0.39 is 0 Å². The maximum absolute atomic E-state index is 13.5. The topological polar surface area (TPSA) is 55.4 Å². The zero-order valence-electron chi connectivity index (χ0n) is 18.2. The lowest BCUT2D eigenvalue weighted by molar-refractivity contribution is 0.0703. The summed E-state index contributed by atoms with van der Waals surface area (Å²) in [5.74, 6) is 1.24. The van der Waals surface area contributed by atoms with Crippen LogP contribution in [0, 0.1) is 20.8 Å². The van der Waals surface area contributed by atoms with Gasteiger partial charge in [-0.1, -0.05) is 23.8 Å². The van der Waals surface area contributed by atoms with Crippen molar-refractivity contribution in [2.24, 2.45) is 0 Å². The molecule has 1 aromatic carbocycles. The van der Waals surface area contributed by atoms with Crippen molar-refractivity contribution in [3.63, 3.8) is 0 Å². The molecule has 158 valence electrons. The molecule has 6 heteroatoms.